The number of hydrogen-bond donors (Lipinski definition) is 1. The molecule has 0 amide bonds. The van der Waals surface area contributed by atoms with Crippen LogP contribution in [0.2, 0.25) is 0 Å². The van der Waals surface area contributed by atoms with Crippen LogP contribution >= 0.6 is 0 Å². The van der Waals surface area contributed by atoms with Gasteiger partial charge in [0.25, 0.3) is 0 Å². The lowest BCUT2D eigenvalue weighted by Crippen LogP contribution is -2.25. The Morgan fingerprint density at radius 2 is 1.15 bits per heavy atom. The number of nitrogens with one attached hydrogen (secondary N) is 1. The second kappa shape index (κ2) is 20.2. The summed E-state index contributed by atoms with van der Waals surface area (Å²) in [5, 5.41) is 3.12. The van der Waals surface area contributed by atoms with E-state index in [2.05, 4.69) is 10.1 Å². The summed E-state index contributed by atoms with van der Waals surface area (Å²) in [6, 6.07) is 0. The first-order valence-electron chi connectivity index (χ1n) is 10.6. The fourth-order valence-corrected chi connectivity index (χ4v) is 2.97. The molecule has 0 aromatic heterocycles. The van der Waals surface area contributed by atoms with E-state index >= 15 is 0 Å². The zero-order chi connectivity index (χ0) is 19.3. The summed E-state index contributed by atoms with van der Waals surface area (Å²) in [5.41, 5.74) is 0. The van der Waals surface area contributed by atoms with Crippen LogP contribution < -0.4 is 5.32 Å². The van der Waals surface area contributed by atoms with Gasteiger partial charge in [-0.2, -0.15) is 0 Å². The summed E-state index contributed by atoms with van der Waals surface area (Å²) in [7, 11) is 1.45. The minimum absolute atomic E-state index is 0.0852. The molecule has 0 bridgehead atoms. The quantitative estimate of drug-likeness (QED) is 0.262. The van der Waals surface area contributed by atoms with Crippen molar-refractivity contribution in [3.63, 3.8) is 0 Å². The number of unbranched alkanes of at least 4 members (excludes halogenated alkanes) is 12. The first kappa shape index (κ1) is 24.9. The third kappa shape index (κ3) is 19.2. The van der Waals surface area contributed by atoms with E-state index in [0.29, 0.717) is 19.6 Å². The zero-order valence-electron chi connectivity index (χ0n) is 17.2. The first-order valence-corrected chi connectivity index (χ1v) is 10.6. The number of ether oxygens (including phenoxy) is 2. The molecule has 0 heterocycles. The van der Waals surface area contributed by atoms with Crippen molar-refractivity contribution in [2.75, 3.05) is 26.8 Å². The van der Waals surface area contributed by atoms with Crippen LogP contribution in [0.4, 0.5) is 0 Å². The predicted octanol–water partition coefficient (Wildman–Crippen LogP) is 4.77. The van der Waals surface area contributed by atoms with Gasteiger partial charge in [0.1, 0.15) is 0 Å². The highest BCUT2D eigenvalue weighted by Gasteiger charge is 2.00. The molecule has 0 saturated heterocycles. The van der Waals surface area contributed by atoms with Gasteiger partial charge in [0.15, 0.2) is 0 Å². The Hall–Kier alpha value is -1.10. The van der Waals surface area contributed by atoms with Crippen molar-refractivity contribution in [2.24, 2.45) is 0 Å². The second-order valence-corrected chi connectivity index (χ2v) is 6.90. The molecule has 0 fully saturated rings. The molecule has 0 rings (SSSR count). The van der Waals surface area contributed by atoms with Gasteiger partial charge in [-0.15, -0.1) is 0 Å². The van der Waals surface area contributed by atoms with Gasteiger partial charge in [0.2, 0.25) is 0 Å². The van der Waals surface area contributed by atoms with Crippen LogP contribution in [0.1, 0.15) is 96.8 Å². The van der Waals surface area contributed by atoms with E-state index in [-0.39, 0.29) is 11.9 Å². The minimum Gasteiger partial charge on any atom is -0.469 e. The molecule has 0 aromatic carbocycles. The second-order valence-electron chi connectivity index (χ2n) is 6.90. The van der Waals surface area contributed by atoms with Crippen LogP contribution in [-0.2, 0) is 19.1 Å². The van der Waals surface area contributed by atoms with Crippen LogP contribution in [0.25, 0.3) is 0 Å². The molecule has 0 atom stereocenters. The Morgan fingerprint density at radius 1 is 0.692 bits per heavy atom. The topological polar surface area (TPSA) is 64.6 Å². The monoisotopic (exact) mass is 371 g/mol. The SMILES string of the molecule is CCOC(=O)CNCCCCCCCCCCCCCCCC(=O)OC. The molecule has 1 N–H and O–H groups in total. The number of esters is 2. The number of hydrogen-bond acceptors (Lipinski definition) is 5. The predicted molar refractivity (Wildman–Crippen MR) is 106 cm³/mol. The van der Waals surface area contributed by atoms with Gasteiger partial charge in [-0.1, -0.05) is 70.6 Å². The van der Waals surface area contributed by atoms with Crippen LogP contribution in [0.5, 0.6) is 0 Å². The van der Waals surface area contributed by atoms with Crippen molar-refractivity contribution in [2.45, 2.75) is 96.8 Å². The van der Waals surface area contributed by atoms with E-state index in [1.54, 1.807) is 0 Å². The van der Waals surface area contributed by atoms with Crippen LogP contribution in [0.15, 0.2) is 0 Å². The lowest BCUT2D eigenvalue weighted by Gasteiger charge is -2.05. The van der Waals surface area contributed by atoms with E-state index in [1.165, 1.54) is 71.3 Å². The van der Waals surface area contributed by atoms with E-state index in [9.17, 15) is 9.59 Å². The maximum absolute atomic E-state index is 11.1. The molecule has 0 aliphatic rings. The molecular formula is C21H41NO4. The molecule has 0 aliphatic carbocycles. The zero-order valence-corrected chi connectivity index (χ0v) is 17.2. The molecule has 5 heteroatoms. The summed E-state index contributed by atoms with van der Waals surface area (Å²) < 4.78 is 9.49. The van der Waals surface area contributed by atoms with Crippen molar-refractivity contribution in [1.29, 1.82) is 0 Å². The van der Waals surface area contributed by atoms with Crippen molar-refractivity contribution >= 4 is 11.9 Å². The molecule has 5 nitrogen and oxygen atoms in total. The molecule has 0 radical (unpaired) electrons. The summed E-state index contributed by atoms with van der Waals surface area (Å²) in [5.74, 6) is -0.244. The molecule has 26 heavy (non-hydrogen) atoms. The van der Waals surface area contributed by atoms with Gasteiger partial charge >= 0.3 is 11.9 Å². The summed E-state index contributed by atoms with van der Waals surface area (Å²) in [4.78, 5) is 22.1. The summed E-state index contributed by atoms with van der Waals surface area (Å²) in [6.07, 6.45) is 16.9. The third-order valence-corrected chi connectivity index (χ3v) is 4.54. The lowest BCUT2D eigenvalue weighted by atomic mass is 10.0. The van der Waals surface area contributed by atoms with Crippen LogP contribution in [-0.4, -0.2) is 38.7 Å². The maximum atomic E-state index is 11.1. The highest BCUT2D eigenvalue weighted by Crippen LogP contribution is 2.13. The van der Waals surface area contributed by atoms with Gasteiger partial charge in [-0.25, -0.2) is 0 Å². The molecule has 0 saturated carbocycles. The average molecular weight is 372 g/mol. The number of methoxy groups -OCH3 is 1. The Labute approximate surface area is 160 Å². The molecular weight excluding hydrogens is 330 g/mol. The Balaban J connectivity index is 3.07. The number of carbonyl (C=O) groups excluding carboxylic acids is 2. The fourth-order valence-electron chi connectivity index (χ4n) is 2.97. The summed E-state index contributed by atoms with van der Waals surface area (Å²) >= 11 is 0. The van der Waals surface area contributed by atoms with Crippen LogP contribution in [0, 0.1) is 0 Å². The Bertz CT molecular complexity index is 334. The normalized spacial score (nSPS) is 10.7. The smallest absolute Gasteiger partial charge is 0.319 e. The van der Waals surface area contributed by atoms with E-state index in [0.717, 1.165) is 25.8 Å². The lowest BCUT2D eigenvalue weighted by molar-refractivity contribution is -0.142. The molecule has 0 aliphatic heterocycles. The highest BCUT2D eigenvalue weighted by atomic mass is 16.5. The third-order valence-electron chi connectivity index (χ3n) is 4.54. The largest absolute Gasteiger partial charge is 0.469 e. The van der Waals surface area contributed by atoms with Crippen molar-refractivity contribution < 1.29 is 19.1 Å². The van der Waals surface area contributed by atoms with Crippen molar-refractivity contribution in [1.82, 2.24) is 5.32 Å². The standard InChI is InChI=1S/C21H41NO4/c1-3-26-21(24)19-22-18-16-14-12-10-8-6-4-5-7-9-11-13-15-17-20(23)25-2/h22H,3-19H2,1-2H3. The molecule has 154 valence electrons. The van der Waals surface area contributed by atoms with Gasteiger partial charge in [-0.3, -0.25) is 9.59 Å². The number of rotatable bonds is 19. The van der Waals surface area contributed by atoms with Gasteiger partial charge < -0.3 is 14.8 Å². The van der Waals surface area contributed by atoms with E-state index < -0.39 is 0 Å². The Kier molecular flexibility index (Phi) is 19.4. The first-order chi connectivity index (χ1) is 12.7. The average Bonchev–Trinajstić information content (AvgIpc) is 2.64. The van der Waals surface area contributed by atoms with E-state index in [1.807, 2.05) is 6.92 Å². The van der Waals surface area contributed by atoms with Crippen LogP contribution in [0.3, 0.4) is 0 Å². The highest BCUT2D eigenvalue weighted by molar-refractivity contribution is 5.71. The summed E-state index contributed by atoms with van der Waals surface area (Å²) in [6.45, 7) is 3.52. The van der Waals surface area contributed by atoms with Gasteiger partial charge in [-0.05, 0) is 26.3 Å². The number of carbonyl (C=O) groups is 2. The van der Waals surface area contributed by atoms with E-state index in [4.69, 9.17) is 4.74 Å². The fraction of sp³-hybridized carbons (Fsp3) is 0.905. The van der Waals surface area contributed by atoms with Gasteiger partial charge in [0, 0.05) is 6.42 Å². The maximum Gasteiger partial charge on any atom is 0.319 e. The molecule has 0 aromatic rings. The van der Waals surface area contributed by atoms with Crippen molar-refractivity contribution in [3.05, 3.63) is 0 Å². The van der Waals surface area contributed by atoms with Crippen molar-refractivity contribution in [3.8, 4) is 0 Å². The minimum atomic E-state index is -0.159. The Morgan fingerprint density at radius 3 is 1.62 bits per heavy atom. The molecule has 0 unspecified atom stereocenters. The molecule has 0 spiro atoms. The van der Waals surface area contributed by atoms with Gasteiger partial charge in [0.05, 0.1) is 20.3 Å².